The van der Waals surface area contributed by atoms with Gasteiger partial charge in [-0.3, -0.25) is 9.59 Å². The molecule has 1 atom stereocenters. The van der Waals surface area contributed by atoms with E-state index < -0.39 is 6.04 Å². The Morgan fingerprint density at radius 1 is 1.27 bits per heavy atom. The summed E-state index contributed by atoms with van der Waals surface area (Å²) in [5.74, 6) is 0.156. The Labute approximate surface area is 130 Å². The Morgan fingerprint density at radius 2 is 2.00 bits per heavy atom. The van der Waals surface area contributed by atoms with Gasteiger partial charge in [0.05, 0.1) is 6.33 Å². The highest BCUT2D eigenvalue weighted by atomic mass is 16.2. The number of hydrogen-bond donors (Lipinski definition) is 2. The van der Waals surface area contributed by atoms with Gasteiger partial charge >= 0.3 is 0 Å². The van der Waals surface area contributed by atoms with Crippen molar-refractivity contribution in [3.63, 3.8) is 0 Å². The largest absolute Gasteiger partial charge is 0.348 e. The monoisotopic (exact) mass is 304 g/mol. The van der Waals surface area contributed by atoms with Gasteiger partial charge in [0.15, 0.2) is 0 Å². The number of H-pyrrole nitrogens is 1. The van der Waals surface area contributed by atoms with E-state index in [1.165, 1.54) is 0 Å². The van der Waals surface area contributed by atoms with Crippen molar-refractivity contribution in [2.75, 3.05) is 13.1 Å². The van der Waals surface area contributed by atoms with Crippen LogP contribution in [0.2, 0.25) is 0 Å². The number of imidazole rings is 1. The molecule has 1 aliphatic heterocycles. The van der Waals surface area contributed by atoms with Gasteiger partial charge in [-0.1, -0.05) is 12.8 Å². The maximum absolute atomic E-state index is 12.7. The number of hydrogen-bond acceptors (Lipinski definition) is 3. The molecule has 3 rings (SSSR count). The van der Waals surface area contributed by atoms with Gasteiger partial charge in [-0.15, -0.1) is 0 Å². The summed E-state index contributed by atoms with van der Waals surface area (Å²) in [7, 11) is 0. The summed E-state index contributed by atoms with van der Waals surface area (Å²) >= 11 is 0. The van der Waals surface area contributed by atoms with Crippen LogP contribution in [0.4, 0.5) is 0 Å². The first kappa shape index (κ1) is 15.1. The molecule has 2 heterocycles. The van der Waals surface area contributed by atoms with Crippen LogP contribution in [0.15, 0.2) is 12.5 Å². The average Bonchev–Trinajstić information content (AvgIpc) is 3.26. The minimum absolute atomic E-state index is 0.0366. The number of nitrogens with zero attached hydrogens (tertiary/aromatic N) is 2. The predicted molar refractivity (Wildman–Crippen MR) is 82.0 cm³/mol. The first-order chi connectivity index (χ1) is 10.7. The van der Waals surface area contributed by atoms with Crippen molar-refractivity contribution < 1.29 is 9.59 Å². The third kappa shape index (κ3) is 3.48. The summed E-state index contributed by atoms with van der Waals surface area (Å²) in [6.45, 7) is 1.61. The molecule has 22 heavy (non-hydrogen) atoms. The number of amides is 2. The number of likely N-dealkylation sites (tertiary alicyclic amines) is 1. The Hall–Kier alpha value is -1.85. The van der Waals surface area contributed by atoms with Gasteiger partial charge in [0.1, 0.15) is 6.04 Å². The van der Waals surface area contributed by atoms with Crippen LogP contribution in [0, 0.1) is 5.92 Å². The normalized spacial score (nSPS) is 20.3. The standard InChI is InChI=1S/C16H24N4O2/c21-15(12-5-1-2-6-12)19-14(9-13-10-17-11-18-13)16(22)20-7-3-4-8-20/h10-12,14H,1-9H2,(H,17,18)(H,19,21). The summed E-state index contributed by atoms with van der Waals surface area (Å²) in [6.07, 6.45) is 10.0. The maximum atomic E-state index is 12.7. The van der Waals surface area contributed by atoms with Gasteiger partial charge < -0.3 is 15.2 Å². The molecular formula is C16H24N4O2. The Balaban J connectivity index is 1.67. The van der Waals surface area contributed by atoms with Crippen LogP contribution in [0.5, 0.6) is 0 Å². The molecular weight excluding hydrogens is 280 g/mol. The molecule has 1 unspecified atom stereocenters. The van der Waals surface area contributed by atoms with Crippen molar-refractivity contribution in [2.45, 2.75) is 51.0 Å². The molecule has 120 valence electrons. The number of carbonyl (C=O) groups excluding carboxylic acids is 2. The molecule has 6 heteroatoms. The summed E-state index contributed by atoms with van der Waals surface area (Å²) < 4.78 is 0. The number of rotatable bonds is 5. The van der Waals surface area contributed by atoms with Crippen molar-refractivity contribution in [1.82, 2.24) is 20.2 Å². The zero-order valence-corrected chi connectivity index (χ0v) is 12.9. The second kappa shape index (κ2) is 6.94. The van der Waals surface area contributed by atoms with E-state index in [0.717, 1.165) is 57.3 Å². The van der Waals surface area contributed by atoms with Gasteiger partial charge in [-0.25, -0.2) is 4.98 Å². The third-order valence-electron chi connectivity index (χ3n) is 4.74. The Kier molecular flexibility index (Phi) is 4.75. The average molecular weight is 304 g/mol. The molecule has 1 saturated carbocycles. The fourth-order valence-electron chi connectivity index (χ4n) is 3.45. The molecule has 6 nitrogen and oxygen atoms in total. The van der Waals surface area contributed by atoms with E-state index in [2.05, 4.69) is 15.3 Å². The minimum Gasteiger partial charge on any atom is -0.348 e. The topological polar surface area (TPSA) is 78.1 Å². The fourth-order valence-corrected chi connectivity index (χ4v) is 3.45. The first-order valence-corrected chi connectivity index (χ1v) is 8.30. The lowest BCUT2D eigenvalue weighted by molar-refractivity contribution is -0.136. The van der Waals surface area contributed by atoms with Crippen LogP contribution in [-0.2, 0) is 16.0 Å². The van der Waals surface area contributed by atoms with Crippen molar-refractivity contribution in [1.29, 1.82) is 0 Å². The van der Waals surface area contributed by atoms with E-state index in [4.69, 9.17) is 0 Å². The van der Waals surface area contributed by atoms with Crippen LogP contribution < -0.4 is 5.32 Å². The molecule has 1 aromatic heterocycles. The molecule has 1 saturated heterocycles. The summed E-state index contributed by atoms with van der Waals surface area (Å²) in [5, 5.41) is 3.00. The molecule has 1 aliphatic carbocycles. The fraction of sp³-hybridized carbons (Fsp3) is 0.688. The second-order valence-electron chi connectivity index (χ2n) is 6.36. The van der Waals surface area contributed by atoms with Crippen molar-refractivity contribution >= 4 is 11.8 Å². The van der Waals surface area contributed by atoms with Crippen molar-refractivity contribution in [2.24, 2.45) is 5.92 Å². The van der Waals surface area contributed by atoms with Gasteiger partial charge in [0.25, 0.3) is 0 Å². The highest BCUT2D eigenvalue weighted by molar-refractivity contribution is 5.89. The first-order valence-electron chi connectivity index (χ1n) is 8.30. The van der Waals surface area contributed by atoms with Crippen molar-refractivity contribution in [3.8, 4) is 0 Å². The Morgan fingerprint density at radius 3 is 2.64 bits per heavy atom. The summed E-state index contributed by atoms with van der Waals surface area (Å²) in [4.78, 5) is 34.0. The molecule has 2 amide bonds. The lowest BCUT2D eigenvalue weighted by Gasteiger charge is -2.25. The Bertz CT molecular complexity index is 502. The van der Waals surface area contributed by atoms with Crippen LogP contribution in [-0.4, -0.2) is 45.8 Å². The summed E-state index contributed by atoms with van der Waals surface area (Å²) in [6, 6.07) is -0.480. The summed E-state index contributed by atoms with van der Waals surface area (Å²) in [5.41, 5.74) is 0.879. The smallest absolute Gasteiger partial charge is 0.245 e. The number of aromatic nitrogens is 2. The maximum Gasteiger partial charge on any atom is 0.245 e. The second-order valence-corrected chi connectivity index (χ2v) is 6.36. The van der Waals surface area contributed by atoms with Gasteiger partial charge in [0.2, 0.25) is 11.8 Å². The highest BCUT2D eigenvalue weighted by Crippen LogP contribution is 2.25. The van der Waals surface area contributed by atoms with Gasteiger partial charge in [-0.05, 0) is 25.7 Å². The quantitative estimate of drug-likeness (QED) is 0.859. The van der Waals surface area contributed by atoms with Crippen LogP contribution in [0.1, 0.15) is 44.2 Å². The molecule has 0 radical (unpaired) electrons. The number of nitrogens with one attached hydrogen (secondary N) is 2. The molecule has 2 fully saturated rings. The zero-order valence-electron chi connectivity index (χ0n) is 12.9. The van der Waals surface area contributed by atoms with E-state index in [1.807, 2.05) is 4.90 Å². The van der Waals surface area contributed by atoms with Crippen LogP contribution >= 0.6 is 0 Å². The van der Waals surface area contributed by atoms with Gasteiger partial charge in [0, 0.05) is 37.3 Å². The number of carbonyl (C=O) groups is 2. The number of aromatic amines is 1. The lowest BCUT2D eigenvalue weighted by atomic mass is 10.1. The zero-order chi connectivity index (χ0) is 15.4. The predicted octanol–water partition coefficient (Wildman–Crippen LogP) is 1.25. The van der Waals surface area contributed by atoms with E-state index in [0.29, 0.717) is 6.42 Å². The molecule has 2 N–H and O–H groups in total. The minimum atomic E-state index is -0.480. The highest BCUT2D eigenvalue weighted by Gasteiger charge is 2.31. The van der Waals surface area contributed by atoms with Crippen LogP contribution in [0.3, 0.4) is 0 Å². The molecule has 0 aromatic carbocycles. The van der Waals surface area contributed by atoms with E-state index >= 15 is 0 Å². The molecule has 1 aromatic rings. The molecule has 0 bridgehead atoms. The SMILES string of the molecule is O=C(NC(Cc1cnc[nH]1)C(=O)N1CCCC1)C1CCCC1. The van der Waals surface area contributed by atoms with Crippen LogP contribution in [0.25, 0.3) is 0 Å². The van der Waals surface area contributed by atoms with E-state index in [-0.39, 0.29) is 17.7 Å². The van der Waals surface area contributed by atoms with Crippen molar-refractivity contribution in [3.05, 3.63) is 18.2 Å². The third-order valence-corrected chi connectivity index (χ3v) is 4.74. The van der Waals surface area contributed by atoms with E-state index in [1.54, 1.807) is 12.5 Å². The molecule has 0 spiro atoms. The molecule has 2 aliphatic rings. The lowest BCUT2D eigenvalue weighted by Crippen LogP contribution is -2.50. The van der Waals surface area contributed by atoms with Gasteiger partial charge in [-0.2, -0.15) is 0 Å². The van der Waals surface area contributed by atoms with E-state index in [9.17, 15) is 9.59 Å².